The number of carbonyl (C=O) groups excluding carboxylic acids is 1. The van der Waals surface area contributed by atoms with Crippen LogP contribution in [0, 0.1) is 6.92 Å². The number of hydrogen-bond donors (Lipinski definition) is 0. The first-order valence-electron chi connectivity index (χ1n) is 9.99. The van der Waals surface area contributed by atoms with Crippen LogP contribution in [0.15, 0.2) is 59.0 Å². The smallest absolute Gasteiger partial charge is 0.339 e. The quantitative estimate of drug-likeness (QED) is 0.385. The van der Waals surface area contributed by atoms with Crippen molar-refractivity contribution < 1.29 is 13.9 Å². The molecule has 5 rings (SSSR count). The minimum absolute atomic E-state index is 0.0909. The summed E-state index contributed by atoms with van der Waals surface area (Å²) in [6.07, 6.45) is 2.11. The summed E-state index contributed by atoms with van der Waals surface area (Å²) in [7, 11) is 0. The number of ether oxygens (including phenoxy) is 1. The molecule has 0 atom stereocenters. The molecule has 2 heterocycles. The van der Waals surface area contributed by atoms with Crippen LogP contribution in [0.3, 0.4) is 0 Å². The summed E-state index contributed by atoms with van der Waals surface area (Å²) in [5.41, 5.74) is 3.27. The van der Waals surface area contributed by atoms with Crippen molar-refractivity contribution in [1.82, 2.24) is 20.0 Å². The van der Waals surface area contributed by atoms with E-state index in [1.54, 1.807) is 24.3 Å². The van der Waals surface area contributed by atoms with E-state index >= 15 is 0 Å². The summed E-state index contributed by atoms with van der Waals surface area (Å²) in [6, 6.07) is 16.2. The molecule has 1 saturated carbocycles. The van der Waals surface area contributed by atoms with Gasteiger partial charge in [0.15, 0.2) is 0 Å². The Morgan fingerprint density at radius 2 is 1.94 bits per heavy atom. The summed E-state index contributed by atoms with van der Waals surface area (Å²) < 4.78 is 11.5. The van der Waals surface area contributed by atoms with Crippen LogP contribution in [0.1, 0.15) is 40.6 Å². The van der Waals surface area contributed by atoms with E-state index in [1.807, 2.05) is 37.3 Å². The fourth-order valence-electron chi connectivity index (χ4n) is 3.35. The summed E-state index contributed by atoms with van der Waals surface area (Å²) in [4.78, 5) is 18.3. The normalized spacial score (nSPS) is 13.4. The van der Waals surface area contributed by atoms with E-state index in [2.05, 4.69) is 10.2 Å². The highest BCUT2D eigenvalue weighted by atomic mass is 35.5. The van der Waals surface area contributed by atoms with Crippen LogP contribution in [-0.4, -0.2) is 25.9 Å². The molecule has 0 unspecified atom stereocenters. The molecule has 4 aromatic rings. The number of hydrogen-bond acceptors (Lipinski definition) is 6. The molecule has 8 heteroatoms. The van der Waals surface area contributed by atoms with Gasteiger partial charge in [-0.2, -0.15) is 5.10 Å². The molecule has 0 bridgehead atoms. The van der Waals surface area contributed by atoms with Crippen LogP contribution in [0.25, 0.3) is 22.8 Å². The Hall–Kier alpha value is -3.45. The maximum atomic E-state index is 12.2. The zero-order valence-electron chi connectivity index (χ0n) is 16.8. The number of aryl methyl sites for hydroxylation is 1. The van der Waals surface area contributed by atoms with Gasteiger partial charge >= 0.3 is 5.97 Å². The number of oxazole rings is 1. The largest absolute Gasteiger partial charge is 0.440 e. The second kappa shape index (κ2) is 8.00. The van der Waals surface area contributed by atoms with Gasteiger partial charge in [0, 0.05) is 16.5 Å². The van der Waals surface area contributed by atoms with E-state index in [1.165, 1.54) is 4.80 Å². The lowest BCUT2D eigenvalue weighted by Gasteiger charge is -2.03. The molecule has 2 aromatic heterocycles. The lowest BCUT2D eigenvalue weighted by molar-refractivity contribution is 0.0321. The van der Waals surface area contributed by atoms with Gasteiger partial charge in [0.1, 0.15) is 17.1 Å². The lowest BCUT2D eigenvalue weighted by atomic mass is 10.2. The van der Waals surface area contributed by atoms with Crippen molar-refractivity contribution in [3.8, 4) is 22.8 Å². The van der Waals surface area contributed by atoms with Crippen LogP contribution in [0.5, 0.6) is 0 Å². The maximum absolute atomic E-state index is 12.2. The second-order valence-corrected chi connectivity index (χ2v) is 7.89. The van der Waals surface area contributed by atoms with Gasteiger partial charge in [-0.25, -0.2) is 9.78 Å². The number of halogens is 1. The van der Waals surface area contributed by atoms with Gasteiger partial charge in [-0.3, -0.25) is 0 Å². The van der Waals surface area contributed by atoms with Gasteiger partial charge in [-0.05, 0) is 50.1 Å². The Morgan fingerprint density at radius 1 is 1.13 bits per heavy atom. The maximum Gasteiger partial charge on any atom is 0.339 e. The molecule has 0 amide bonds. The Balaban J connectivity index is 1.41. The predicted octanol–water partition coefficient (Wildman–Crippen LogP) is 5.25. The summed E-state index contributed by atoms with van der Waals surface area (Å²) in [5.74, 6) is 1.21. The summed E-state index contributed by atoms with van der Waals surface area (Å²) >= 11 is 6.13. The third kappa shape index (κ3) is 4.09. The zero-order chi connectivity index (χ0) is 21.4. The van der Waals surface area contributed by atoms with E-state index in [-0.39, 0.29) is 6.73 Å². The molecular formula is C23H19ClN4O3. The van der Waals surface area contributed by atoms with E-state index in [0.717, 1.165) is 24.2 Å². The molecule has 0 aliphatic heterocycles. The number of carbonyl (C=O) groups is 1. The van der Waals surface area contributed by atoms with Crippen LogP contribution in [0.2, 0.25) is 5.02 Å². The fourth-order valence-corrected chi connectivity index (χ4v) is 3.54. The molecular weight excluding hydrogens is 416 g/mol. The SMILES string of the molecule is Cc1nn(COC(=O)c2ccccc2)nc1-c1nc(-c2cccc(Cl)c2)oc1C1CC1. The van der Waals surface area contributed by atoms with Gasteiger partial charge in [-0.15, -0.1) is 9.90 Å². The predicted molar refractivity (Wildman–Crippen MR) is 115 cm³/mol. The van der Waals surface area contributed by atoms with Crippen molar-refractivity contribution in [3.05, 3.63) is 76.6 Å². The monoisotopic (exact) mass is 434 g/mol. The van der Waals surface area contributed by atoms with Crippen molar-refractivity contribution in [2.45, 2.75) is 32.4 Å². The van der Waals surface area contributed by atoms with E-state index < -0.39 is 5.97 Å². The number of esters is 1. The first-order chi connectivity index (χ1) is 15.1. The molecule has 0 N–H and O–H groups in total. The molecule has 1 aliphatic rings. The highest BCUT2D eigenvalue weighted by Crippen LogP contribution is 2.46. The Labute approximate surface area is 183 Å². The molecule has 7 nitrogen and oxygen atoms in total. The third-order valence-electron chi connectivity index (χ3n) is 5.04. The van der Waals surface area contributed by atoms with Crippen molar-refractivity contribution in [2.75, 3.05) is 0 Å². The number of benzene rings is 2. The molecule has 156 valence electrons. The van der Waals surface area contributed by atoms with Crippen LogP contribution < -0.4 is 0 Å². The summed E-state index contributed by atoms with van der Waals surface area (Å²) in [6.45, 7) is 1.76. The zero-order valence-corrected chi connectivity index (χ0v) is 17.5. The van der Waals surface area contributed by atoms with Crippen molar-refractivity contribution in [3.63, 3.8) is 0 Å². The standard InChI is InChI=1S/C23H19ClN4O3/c1-14-19(27-28(26-14)13-30-23(29)16-6-3-2-4-7-16)20-21(15-10-11-15)31-22(25-20)17-8-5-9-18(24)12-17/h2-9,12,15H,10-11,13H2,1H3. The minimum atomic E-state index is -0.430. The third-order valence-corrected chi connectivity index (χ3v) is 5.28. The highest BCUT2D eigenvalue weighted by molar-refractivity contribution is 6.30. The molecule has 0 saturated heterocycles. The lowest BCUT2D eigenvalue weighted by Crippen LogP contribution is -2.12. The highest BCUT2D eigenvalue weighted by Gasteiger charge is 2.34. The van der Waals surface area contributed by atoms with Gasteiger partial charge in [0.05, 0.1) is 11.3 Å². The number of aromatic nitrogens is 4. The van der Waals surface area contributed by atoms with Gasteiger partial charge in [0.25, 0.3) is 0 Å². The van der Waals surface area contributed by atoms with E-state index in [4.69, 9.17) is 25.7 Å². The van der Waals surface area contributed by atoms with Crippen LogP contribution in [-0.2, 0) is 11.5 Å². The van der Waals surface area contributed by atoms with Gasteiger partial charge in [-0.1, -0.05) is 35.9 Å². The first kappa shape index (κ1) is 19.5. The van der Waals surface area contributed by atoms with Gasteiger partial charge < -0.3 is 9.15 Å². The van der Waals surface area contributed by atoms with Crippen molar-refractivity contribution in [2.24, 2.45) is 0 Å². The minimum Gasteiger partial charge on any atom is -0.440 e. The Bertz CT molecular complexity index is 1240. The molecule has 1 fully saturated rings. The summed E-state index contributed by atoms with van der Waals surface area (Å²) in [5, 5.41) is 9.53. The van der Waals surface area contributed by atoms with Crippen molar-refractivity contribution in [1.29, 1.82) is 0 Å². The molecule has 2 aromatic carbocycles. The molecule has 31 heavy (non-hydrogen) atoms. The number of rotatable bonds is 6. The first-order valence-corrected chi connectivity index (χ1v) is 10.4. The topological polar surface area (TPSA) is 83.0 Å². The van der Waals surface area contributed by atoms with Crippen molar-refractivity contribution >= 4 is 17.6 Å². The van der Waals surface area contributed by atoms with Gasteiger partial charge in [0.2, 0.25) is 12.6 Å². The van der Waals surface area contributed by atoms with Crippen LogP contribution >= 0.6 is 11.6 Å². The molecule has 0 spiro atoms. The Kier molecular flexibility index (Phi) is 5.03. The molecule has 0 radical (unpaired) electrons. The molecule has 1 aliphatic carbocycles. The average molecular weight is 435 g/mol. The second-order valence-electron chi connectivity index (χ2n) is 7.45. The van der Waals surface area contributed by atoms with E-state index in [0.29, 0.717) is 39.5 Å². The Morgan fingerprint density at radius 3 is 2.68 bits per heavy atom. The average Bonchev–Trinajstić information content (AvgIpc) is 3.43. The van der Waals surface area contributed by atoms with Crippen LogP contribution in [0.4, 0.5) is 0 Å². The number of nitrogens with zero attached hydrogens (tertiary/aromatic N) is 4. The fraction of sp³-hybridized carbons (Fsp3) is 0.217. The van der Waals surface area contributed by atoms with E-state index in [9.17, 15) is 4.79 Å².